The molecule has 0 saturated carbocycles. The van der Waals surface area contributed by atoms with E-state index in [9.17, 15) is 19.2 Å². The summed E-state index contributed by atoms with van der Waals surface area (Å²) < 4.78 is 1.27. The zero-order valence-electron chi connectivity index (χ0n) is 13.2. The fourth-order valence-electron chi connectivity index (χ4n) is 3.09. The lowest BCUT2D eigenvalue weighted by atomic mass is 10.1. The number of imide groups is 1. The van der Waals surface area contributed by atoms with Crippen LogP contribution in [-0.2, 0) is 16.1 Å². The van der Waals surface area contributed by atoms with E-state index >= 15 is 0 Å². The van der Waals surface area contributed by atoms with E-state index in [4.69, 9.17) is 0 Å². The molecular formula is C16H15N5O4. The zero-order chi connectivity index (χ0) is 17.6. The number of rotatable bonds is 3. The summed E-state index contributed by atoms with van der Waals surface area (Å²) in [6, 6.07) is 6.22. The van der Waals surface area contributed by atoms with Crippen LogP contribution < -0.4 is 10.9 Å². The number of fused-ring (bicyclic) bond motifs is 1. The number of para-hydroxylation sites is 1. The Bertz CT molecular complexity index is 931. The highest BCUT2D eigenvalue weighted by atomic mass is 16.2. The first-order valence-electron chi connectivity index (χ1n) is 7.86. The molecule has 1 aromatic carbocycles. The second-order valence-electron chi connectivity index (χ2n) is 6.07. The second-order valence-corrected chi connectivity index (χ2v) is 6.07. The maximum absolute atomic E-state index is 12.4. The van der Waals surface area contributed by atoms with Gasteiger partial charge in [-0.25, -0.2) is 9.78 Å². The topological polar surface area (TPSA) is 105 Å². The van der Waals surface area contributed by atoms with Crippen LogP contribution in [0.1, 0.15) is 0 Å². The normalized spacial score (nSPS) is 17.8. The lowest BCUT2D eigenvalue weighted by Gasteiger charge is -2.42. The smallest absolute Gasteiger partial charge is 0.324 e. The minimum atomic E-state index is -0.419. The minimum Gasteiger partial charge on any atom is -0.337 e. The summed E-state index contributed by atoms with van der Waals surface area (Å²) >= 11 is 0. The number of likely N-dealkylation sites (tertiary alicyclic amines) is 1. The molecule has 128 valence electrons. The van der Waals surface area contributed by atoms with Crippen molar-refractivity contribution in [1.82, 2.24) is 24.7 Å². The van der Waals surface area contributed by atoms with Gasteiger partial charge in [-0.15, -0.1) is 0 Å². The number of hydrogen-bond acceptors (Lipinski definition) is 5. The van der Waals surface area contributed by atoms with Gasteiger partial charge in [-0.3, -0.25) is 23.9 Å². The summed E-state index contributed by atoms with van der Waals surface area (Å²) in [6.45, 7) is 0.451. The molecule has 0 radical (unpaired) electrons. The predicted octanol–water partition coefficient (Wildman–Crippen LogP) is -0.841. The lowest BCUT2D eigenvalue weighted by molar-refractivity contribution is -0.142. The summed E-state index contributed by atoms with van der Waals surface area (Å²) in [6.07, 6.45) is 1.36. The van der Waals surface area contributed by atoms with Crippen LogP contribution in [0.3, 0.4) is 0 Å². The Morgan fingerprint density at radius 1 is 1.20 bits per heavy atom. The Labute approximate surface area is 141 Å². The Balaban J connectivity index is 1.44. The number of benzene rings is 1. The Kier molecular flexibility index (Phi) is 3.48. The van der Waals surface area contributed by atoms with Crippen molar-refractivity contribution >= 4 is 28.7 Å². The summed E-state index contributed by atoms with van der Waals surface area (Å²) in [7, 11) is 0. The number of nitrogens with one attached hydrogen (secondary N) is 1. The number of nitrogens with zero attached hydrogens (tertiary/aromatic N) is 4. The third-order valence-corrected chi connectivity index (χ3v) is 4.50. The lowest BCUT2D eigenvalue weighted by Crippen LogP contribution is -2.63. The van der Waals surface area contributed by atoms with Gasteiger partial charge in [0, 0.05) is 13.1 Å². The first kappa shape index (κ1) is 15.3. The van der Waals surface area contributed by atoms with E-state index in [1.54, 1.807) is 24.3 Å². The van der Waals surface area contributed by atoms with Crippen molar-refractivity contribution in [3.8, 4) is 0 Å². The molecular weight excluding hydrogens is 326 g/mol. The summed E-state index contributed by atoms with van der Waals surface area (Å²) in [5.41, 5.74) is 0.309. The van der Waals surface area contributed by atoms with Gasteiger partial charge in [0.05, 0.1) is 29.8 Å². The second kappa shape index (κ2) is 5.69. The number of aromatic nitrogens is 2. The standard InChI is InChI=1S/C16H15N5O4/c22-13-5-17-16(25)21(13)10-6-19(7-10)14(23)8-20-9-18-12-4-2-1-3-11(12)15(20)24/h1-4,9-10H,5-8H2,(H,17,25). The summed E-state index contributed by atoms with van der Waals surface area (Å²) in [5, 5.41) is 2.91. The molecule has 0 spiro atoms. The quantitative estimate of drug-likeness (QED) is 0.733. The van der Waals surface area contributed by atoms with Crippen LogP contribution in [0.5, 0.6) is 0 Å². The molecule has 9 nitrogen and oxygen atoms in total. The number of carbonyl (C=O) groups excluding carboxylic acids is 3. The van der Waals surface area contributed by atoms with Crippen LogP contribution in [0.15, 0.2) is 35.4 Å². The molecule has 0 atom stereocenters. The van der Waals surface area contributed by atoms with Crippen LogP contribution >= 0.6 is 0 Å². The largest absolute Gasteiger partial charge is 0.337 e. The highest BCUT2D eigenvalue weighted by molar-refractivity contribution is 6.02. The van der Waals surface area contributed by atoms with Gasteiger partial charge in [0.15, 0.2) is 0 Å². The number of amides is 4. The van der Waals surface area contributed by atoms with Gasteiger partial charge in [-0.05, 0) is 12.1 Å². The van der Waals surface area contributed by atoms with Crippen molar-refractivity contribution in [2.24, 2.45) is 0 Å². The van der Waals surface area contributed by atoms with E-state index in [1.165, 1.54) is 15.8 Å². The van der Waals surface area contributed by atoms with Gasteiger partial charge in [0.1, 0.15) is 6.54 Å². The molecule has 4 rings (SSSR count). The summed E-state index contributed by atoms with van der Waals surface area (Å²) in [5.74, 6) is -0.528. The van der Waals surface area contributed by atoms with Gasteiger partial charge in [0.25, 0.3) is 5.56 Å². The van der Waals surface area contributed by atoms with Crippen LogP contribution in [0.4, 0.5) is 4.79 Å². The molecule has 2 aromatic rings. The average molecular weight is 341 g/mol. The predicted molar refractivity (Wildman–Crippen MR) is 86.6 cm³/mol. The van der Waals surface area contributed by atoms with Crippen molar-refractivity contribution in [2.45, 2.75) is 12.6 Å². The fraction of sp³-hybridized carbons (Fsp3) is 0.312. The highest BCUT2D eigenvalue weighted by Crippen LogP contribution is 2.18. The van der Waals surface area contributed by atoms with Gasteiger partial charge >= 0.3 is 6.03 Å². The van der Waals surface area contributed by atoms with E-state index in [1.807, 2.05) is 0 Å². The fourth-order valence-corrected chi connectivity index (χ4v) is 3.09. The zero-order valence-corrected chi connectivity index (χ0v) is 13.2. The average Bonchev–Trinajstić information content (AvgIpc) is 2.89. The van der Waals surface area contributed by atoms with Crippen molar-refractivity contribution in [3.05, 3.63) is 40.9 Å². The van der Waals surface area contributed by atoms with Gasteiger partial charge < -0.3 is 10.2 Å². The Hall–Kier alpha value is -3.23. The van der Waals surface area contributed by atoms with E-state index in [2.05, 4.69) is 10.3 Å². The number of carbonyl (C=O) groups is 3. The van der Waals surface area contributed by atoms with Gasteiger partial charge in [-0.2, -0.15) is 0 Å². The van der Waals surface area contributed by atoms with E-state index in [0.29, 0.717) is 10.9 Å². The molecule has 3 heterocycles. The molecule has 1 aromatic heterocycles. The Morgan fingerprint density at radius 3 is 2.68 bits per heavy atom. The van der Waals surface area contributed by atoms with Crippen molar-refractivity contribution < 1.29 is 14.4 Å². The van der Waals surface area contributed by atoms with Crippen LogP contribution in [-0.4, -0.2) is 62.9 Å². The van der Waals surface area contributed by atoms with Crippen molar-refractivity contribution in [3.63, 3.8) is 0 Å². The van der Waals surface area contributed by atoms with Crippen LogP contribution in [0.25, 0.3) is 10.9 Å². The van der Waals surface area contributed by atoms with Crippen LogP contribution in [0, 0.1) is 0 Å². The van der Waals surface area contributed by atoms with E-state index in [-0.39, 0.29) is 49.6 Å². The van der Waals surface area contributed by atoms with E-state index < -0.39 is 6.03 Å². The molecule has 0 aliphatic carbocycles. The first-order valence-corrected chi connectivity index (χ1v) is 7.86. The maximum Gasteiger partial charge on any atom is 0.324 e. The SMILES string of the molecule is O=C(Cn1cnc2ccccc2c1=O)N1CC(N2C(=O)CNC2=O)C1. The van der Waals surface area contributed by atoms with Gasteiger partial charge in [0.2, 0.25) is 11.8 Å². The number of hydrogen-bond donors (Lipinski definition) is 1. The first-order chi connectivity index (χ1) is 12.0. The molecule has 2 fully saturated rings. The Morgan fingerprint density at radius 2 is 1.96 bits per heavy atom. The maximum atomic E-state index is 12.4. The molecule has 1 N–H and O–H groups in total. The van der Waals surface area contributed by atoms with Crippen molar-refractivity contribution in [1.29, 1.82) is 0 Å². The third-order valence-electron chi connectivity index (χ3n) is 4.50. The monoisotopic (exact) mass is 341 g/mol. The van der Waals surface area contributed by atoms with Crippen LogP contribution in [0.2, 0.25) is 0 Å². The molecule has 4 amide bonds. The molecule has 0 bridgehead atoms. The molecule has 9 heteroatoms. The molecule has 0 unspecified atom stereocenters. The molecule has 25 heavy (non-hydrogen) atoms. The summed E-state index contributed by atoms with van der Waals surface area (Å²) in [4.78, 5) is 54.8. The third kappa shape index (κ3) is 2.53. The molecule has 2 aliphatic rings. The van der Waals surface area contributed by atoms with Gasteiger partial charge in [-0.1, -0.05) is 12.1 Å². The number of urea groups is 1. The highest BCUT2D eigenvalue weighted by Gasteiger charge is 2.42. The van der Waals surface area contributed by atoms with Crippen molar-refractivity contribution in [2.75, 3.05) is 19.6 Å². The molecule has 2 saturated heterocycles. The van der Waals surface area contributed by atoms with E-state index in [0.717, 1.165) is 4.90 Å². The minimum absolute atomic E-state index is 0.00142. The molecule has 2 aliphatic heterocycles.